The molecule has 1 aliphatic carbocycles. The van der Waals surface area contributed by atoms with Gasteiger partial charge in [-0.05, 0) is 49.9 Å². The van der Waals surface area contributed by atoms with Gasteiger partial charge in [0.25, 0.3) is 5.91 Å². The van der Waals surface area contributed by atoms with Crippen LogP contribution >= 0.6 is 15.9 Å². The lowest BCUT2D eigenvalue weighted by molar-refractivity contribution is 0.0954. The highest BCUT2D eigenvalue weighted by Crippen LogP contribution is 2.42. The van der Waals surface area contributed by atoms with E-state index in [1.165, 1.54) is 0 Å². The average Bonchev–Trinajstić information content (AvgIpc) is 3.28. The summed E-state index contributed by atoms with van der Waals surface area (Å²) in [5.74, 6) is 2.49. The van der Waals surface area contributed by atoms with Crippen LogP contribution in [-0.2, 0) is 19.4 Å². The molecule has 6 nitrogen and oxygen atoms in total. The van der Waals surface area contributed by atoms with Gasteiger partial charge >= 0.3 is 0 Å². The minimum Gasteiger partial charge on any atom is -0.352 e. The van der Waals surface area contributed by atoms with E-state index in [-0.39, 0.29) is 5.91 Å². The van der Waals surface area contributed by atoms with Crippen LogP contribution in [0, 0.1) is 6.92 Å². The summed E-state index contributed by atoms with van der Waals surface area (Å²) in [7, 11) is 0. The molecule has 0 unspecified atom stereocenters. The van der Waals surface area contributed by atoms with Crippen molar-refractivity contribution in [2.75, 3.05) is 6.54 Å². The molecule has 1 amide bonds. The fourth-order valence-corrected chi connectivity index (χ4v) is 4.53. The first-order valence-electron chi connectivity index (χ1n) is 9.90. The van der Waals surface area contributed by atoms with Crippen LogP contribution in [0.4, 0.5) is 0 Å². The van der Waals surface area contributed by atoms with E-state index >= 15 is 0 Å². The van der Waals surface area contributed by atoms with Crippen molar-refractivity contribution in [2.45, 2.75) is 51.5 Å². The van der Waals surface area contributed by atoms with E-state index in [9.17, 15) is 4.79 Å². The predicted octanol–water partition coefficient (Wildman–Crippen LogP) is 3.69. The Kier molecular flexibility index (Phi) is 4.42. The van der Waals surface area contributed by atoms with Gasteiger partial charge < -0.3 is 9.88 Å². The van der Waals surface area contributed by atoms with E-state index in [4.69, 9.17) is 4.98 Å². The van der Waals surface area contributed by atoms with Crippen LogP contribution in [0.1, 0.15) is 58.4 Å². The third kappa shape index (κ3) is 3.11. The number of pyridine rings is 1. The lowest BCUT2D eigenvalue weighted by Crippen LogP contribution is -2.28. The van der Waals surface area contributed by atoms with Gasteiger partial charge in [0.1, 0.15) is 11.6 Å². The third-order valence-corrected chi connectivity index (χ3v) is 6.23. The van der Waals surface area contributed by atoms with Crippen molar-refractivity contribution >= 4 is 32.7 Å². The normalized spacial score (nSPS) is 15.8. The molecule has 1 aromatic carbocycles. The second-order valence-electron chi connectivity index (χ2n) is 7.73. The highest BCUT2D eigenvalue weighted by atomic mass is 79.9. The van der Waals surface area contributed by atoms with Gasteiger partial charge in [-0.3, -0.25) is 9.78 Å². The molecule has 3 aromatic rings. The molecule has 1 saturated carbocycles. The largest absolute Gasteiger partial charge is 0.352 e. The number of nitrogens with one attached hydrogen (secondary N) is 1. The number of amides is 1. The van der Waals surface area contributed by atoms with Gasteiger partial charge in [-0.1, -0.05) is 15.9 Å². The molecule has 0 spiro atoms. The Hall–Kier alpha value is -2.28. The maximum atomic E-state index is 13.2. The van der Waals surface area contributed by atoms with Gasteiger partial charge in [-0.2, -0.15) is 0 Å². The first kappa shape index (κ1) is 17.8. The summed E-state index contributed by atoms with van der Waals surface area (Å²) < 4.78 is 3.13. The number of aromatic nitrogens is 4. The Labute approximate surface area is 171 Å². The molecular weight excluding hydrogens is 418 g/mol. The second kappa shape index (κ2) is 6.95. The summed E-state index contributed by atoms with van der Waals surface area (Å²) in [5.41, 5.74) is 3.72. The number of hydrogen-bond acceptors (Lipinski definition) is 4. The predicted molar refractivity (Wildman–Crippen MR) is 111 cm³/mol. The van der Waals surface area contributed by atoms with Crippen molar-refractivity contribution in [1.82, 2.24) is 25.1 Å². The van der Waals surface area contributed by atoms with Crippen LogP contribution in [-0.4, -0.2) is 32.2 Å². The van der Waals surface area contributed by atoms with Gasteiger partial charge in [0.15, 0.2) is 0 Å². The topological polar surface area (TPSA) is 72.7 Å². The number of halogens is 1. The fourth-order valence-electron chi connectivity index (χ4n) is 4.17. The zero-order valence-electron chi connectivity index (χ0n) is 15.8. The van der Waals surface area contributed by atoms with Crippen molar-refractivity contribution in [3.63, 3.8) is 0 Å². The molecule has 7 heteroatoms. The summed E-state index contributed by atoms with van der Waals surface area (Å²) >= 11 is 3.53. The van der Waals surface area contributed by atoms with Crippen LogP contribution in [0.25, 0.3) is 10.9 Å². The number of nitrogens with zero attached hydrogens (tertiary/aromatic N) is 4. The van der Waals surface area contributed by atoms with Crippen LogP contribution < -0.4 is 5.32 Å². The van der Waals surface area contributed by atoms with Gasteiger partial charge in [0, 0.05) is 47.4 Å². The van der Waals surface area contributed by atoms with E-state index < -0.39 is 0 Å². The number of carbonyl (C=O) groups excluding carboxylic acids is 1. The Morgan fingerprint density at radius 2 is 2.18 bits per heavy atom. The van der Waals surface area contributed by atoms with E-state index in [1.54, 1.807) is 0 Å². The van der Waals surface area contributed by atoms with Gasteiger partial charge in [0.2, 0.25) is 0 Å². The molecule has 0 bridgehead atoms. The van der Waals surface area contributed by atoms with E-state index in [2.05, 4.69) is 36.0 Å². The van der Waals surface area contributed by atoms with E-state index in [0.29, 0.717) is 18.9 Å². The average molecular weight is 440 g/mol. The van der Waals surface area contributed by atoms with Crippen molar-refractivity contribution in [3.05, 3.63) is 51.1 Å². The maximum Gasteiger partial charge on any atom is 0.252 e. The van der Waals surface area contributed by atoms with Crippen molar-refractivity contribution in [2.24, 2.45) is 0 Å². The molecule has 0 saturated heterocycles. The van der Waals surface area contributed by atoms with Gasteiger partial charge in [-0.25, -0.2) is 0 Å². The van der Waals surface area contributed by atoms with Crippen molar-refractivity contribution < 1.29 is 4.79 Å². The van der Waals surface area contributed by atoms with Crippen molar-refractivity contribution in [1.29, 1.82) is 0 Å². The minimum absolute atomic E-state index is 0.0361. The molecule has 28 heavy (non-hydrogen) atoms. The number of fused-ring (bicyclic) bond motifs is 2. The molecule has 3 heterocycles. The Morgan fingerprint density at radius 3 is 3.00 bits per heavy atom. The Morgan fingerprint density at radius 1 is 1.32 bits per heavy atom. The Bertz CT molecular complexity index is 1090. The van der Waals surface area contributed by atoms with Crippen LogP contribution in [0.15, 0.2) is 22.7 Å². The summed E-state index contributed by atoms with van der Waals surface area (Å²) in [5, 5.41) is 12.5. The molecule has 1 aliphatic heterocycles. The molecule has 0 radical (unpaired) electrons. The molecule has 5 rings (SSSR count). The van der Waals surface area contributed by atoms with Crippen LogP contribution in [0.3, 0.4) is 0 Å². The lowest BCUT2D eigenvalue weighted by Gasteiger charge is -2.14. The summed E-state index contributed by atoms with van der Waals surface area (Å²) in [6.07, 6.45) is 5.15. The number of rotatable bonds is 5. The number of aryl methyl sites for hydroxylation is 1. The standard InChI is InChI=1S/C21H22BrN5O/c1-12-19(15-11-14(22)6-7-16(15)24-20(12)13-4-5-13)21(28)23-9-8-18-26-25-17-3-2-10-27(17)18/h6-7,11,13H,2-5,8-10H2,1H3,(H,23,28). The van der Waals surface area contributed by atoms with Gasteiger partial charge in [-0.15, -0.1) is 10.2 Å². The van der Waals surface area contributed by atoms with E-state index in [0.717, 1.165) is 76.1 Å². The molecule has 1 N–H and O–H groups in total. The maximum absolute atomic E-state index is 13.2. The summed E-state index contributed by atoms with van der Waals surface area (Å²) in [6.45, 7) is 3.56. The first-order valence-corrected chi connectivity index (χ1v) is 10.7. The zero-order chi connectivity index (χ0) is 19.3. The lowest BCUT2D eigenvalue weighted by atomic mass is 9.98. The highest BCUT2D eigenvalue weighted by molar-refractivity contribution is 9.10. The van der Waals surface area contributed by atoms with Crippen LogP contribution in [0.5, 0.6) is 0 Å². The smallest absolute Gasteiger partial charge is 0.252 e. The molecule has 2 aromatic heterocycles. The molecular formula is C21H22BrN5O. The molecule has 1 fully saturated rings. The van der Waals surface area contributed by atoms with E-state index in [1.807, 2.05) is 25.1 Å². The SMILES string of the molecule is Cc1c(C2CC2)nc2ccc(Br)cc2c1C(=O)NCCc1nnc2n1CCC2. The van der Waals surface area contributed by atoms with Crippen molar-refractivity contribution in [3.8, 4) is 0 Å². The first-order chi connectivity index (χ1) is 13.6. The number of carbonyl (C=O) groups is 1. The number of hydrogen-bond donors (Lipinski definition) is 1. The Balaban J connectivity index is 1.41. The molecule has 2 aliphatic rings. The monoisotopic (exact) mass is 439 g/mol. The summed E-state index contributed by atoms with van der Waals surface area (Å²) in [6, 6.07) is 5.96. The van der Waals surface area contributed by atoms with Crippen LogP contribution in [0.2, 0.25) is 0 Å². The highest BCUT2D eigenvalue weighted by Gasteiger charge is 2.30. The zero-order valence-corrected chi connectivity index (χ0v) is 17.4. The van der Waals surface area contributed by atoms with Gasteiger partial charge in [0.05, 0.1) is 11.1 Å². The minimum atomic E-state index is -0.0361. The number of benzene rings is 1. The molecule has 0 atom stereocenters. The second-order valence-corrected chi connectivity index (χ2v) is 8.64. The molecule has 144 valence electrons. The fraction of sp³-hybridized carbons (Fsp3) is 0.429. The quantitative estimate of drug-likeness (QED) is 0.657. The third-order valence-electron chi connectivity index (χ3n) is 5.74. The summed E-state index contributed by atoms with van der Waals surface area (Å²) in [4.78, 5) is 18.0.